The summed E-state index contributed by atoms with van der Waals surface area (Å²) in [4.78, 5) is 13.3. The van der Waals surface area contributed by atoms with E-state index in [0.29, 0.717) is 6.54 Å². The van der Waals surface area contributed by atoms with Crippen molar-refractivity contribution in [1.29, 1.82) is 0 Å². The molecule has 0 aliphatic heterocycles. The third-order valence-electron chi connectivity index (χ3n) is 2.09. The van der Waals surface area contributed by atoms with Crippen LogP contribution in [0.4, 0.5) is 4.79 Å². The number of amides is 1. The first kappa shape index (κ1) is 14.2. The molecule has 0 spiro atoms. The average Bonchev–Trinajstić information content (AvgIpc) is 2.10. The van der Waals surface area contributed by atoms with Gasteiger partial charge in [0.1, 0.15) is 5.60 Å². The summed E-state index contributed by atoms with van der Waals surface area (Å²) in [7, 11) is 0. The van der Waals surface area contributed by atoms with Crippen molar-refractivity contribution >= 4 is 6.09 Å². The topological polar surface area (TPSA) is 49.8 Å². The lowest BCUT2D eigenvalue weighted by molar-refractivity contribution is 0.0102. The molecule has 0 aromatic heterocycles. The van der Waals surface area contributed by atoms with Gasteiger partial charge in [-0.15, -0.1) is 0 Å². The van der Waals surface area contributed by atoms with Crippen molar-refractivity contribution in [2.75, 3.05) is 13.2 Å². The van der Waals surface area contributed by atoms with E-state index in [1.165, 1.54) is 0 Å². The van der Waals surface area contributed by atoms with Crippen LogP contribution in [0.5, 0.6) is 0 Å². The molecule has 0 aliphatic rings. The van der Waals surface area contributed by atoms with Crippen LogP contribution in [0.15, 0.2) is 0 Å². The van der Waals surface area contributed by atoms with Crippen molar-refractivity contribution in [2.45, 2.75) is 52.7 Å². The van der Waals surface area contributed by atoms with Gasteiger partial charge in [0, 0.05) is 6.54 Å². The summed E-state index contributed by atoms with van der Waals surface area (Å²) in [5, 5.41) is 9.13. The van der Waals surface area contributed by atoms with Crippen LogP contribution in [0.1, 0.15) is 41.0 Å². The van der Waals surface area contributed by atoms with E-state index in [0.717, 1.165) is 6.42 Å². The molecule has 15 heavy (non-hydrogen) atoms. The smallest absolute Gasteiger partial charge is 0.410 e. The second-order valence-electron chi connectivity index (χ2n) is 4.51. The Morgan fingerprint density at radius 3 is 2.20 bits per heavy atom. The standard InChI is InChI=1S/C11H23NO3/c1-6-9(8-13)12(7-2)10(14)15-11(3,4)5/h9,13H,6-8H2,1-5H3/t9-/m0/s1. The number of hydrogen-bond donors (Lipinski definition) is 1. The molecule has 0 aromatic carbocycles. The summed E-state index contributed by atoms with van der Waals surface area (Å²) in [5.74, 6) is 0. The molecule has 1 atom stereocenters. The monoisotopic (exact) mass is 217 g/mol. The molecule has 90 valence electrons. The van der Waals surface area contributed by atoms with Crippen molar-refractivity contribution in [1.82, 2.24) is 4.90 Å². The number of carbonyl (C=O) groups excluding carboxylic acids is 1. The number of hydrogen-bond acceptors (Lipinski definition) is 3. The lowest BCUT2D eigenvalue weighted by Crippen LogP contribution is -2.44. The summed E-state index contributed by atoms with van der Waals surface area (Å²) in [6.07, 6.45) is 0.370. The zero-order valence-corrected chi connectivity index (χ0v) is 10.4. The molecular formula is C11H23NO3. The molecule has 0 radical (unpaired) electrons. The van der Waals surface area contributed by atoms with Crippen LogP contribution in [0, 0.1) is 0 Å². The molecule has 0 fully saturated rings. The number of aliphatic hydroxyl groups excluding tert-OH is 1. The van der Waals surface area contributed by atoms with Gasteiger partial charge in [0.2, 0.25) is 0 Å². The van der Waals surface area contributed by atoms with Gasteiger partial charge >= 0.3 is 6.09 Å². The van der Waals surface area contributed by atoms with Crippen LogP contribution in [0.2, 0.25) is 0 Å². The van der Waals surface area contributed by atoms with Crippen LogP contribution < -0.4 is 0 Å². The lowest BCUT2D eigenvalue weighted by atomic mass is 10.2. The molecule has 1 N–H and O–H groups in total. The Hall–Kier alpha value is -0.770. The Labute approximate surface area is 92.2 Å². The van der Waals surface area contributed by atoms with Gasteiger partial charge in [-0.25, -0.2) is 4.79 Å². The molecule has 0 aromatic rings. The minimum atomic E-state index is -0.488. The summed E-state index contributed by atoms with van der Waals surface area (Å²) in [6.45, 7) is 9.84. The second-order valence-corrected chi connectivity index (χ2v) is 4.51. The van der Waals surface area contributed by atoms with Gasteiger partial charge in [-0.2, -0.15) is 0 Å². The molecule has 0 unspecified atom stereocenters. The zero-order chi connectivity index (χ0) is 12.1. The molecule has 0 saturated heterocycles. The maximum atomic E-state index is 11.7. The molecule has 0 rings (SSSR count). The average molecular weight is 217 g/mol. The predicted molar refractivity (Wildman–Crippen MR) is 59.8 cm³/mol. The fourth-order valence-corrected chi connectivity index (χ4v) is 1.30. The van der Waals surface area contributed by atoms with Gasteiger partial charge in [0.25, 0.3) is 0 Å². The largest absolute Gasteiger partial charge is 0.444 e. The number of carbonyl (C=O) groups is 1. The van der Waals surface area contributed by atoms with E-state index in [1.807, 2.05) is 34.6 Å². The van der Waals surface area contributed by atoms with Crippen molar-refractivity contribution < 1.29 is 14.6 Å². The van der Waals surface area contributed by atoms with Crippen LogP contribution in [0.3, 0.4) is 0 Å². The van der Waals surface area contributed by atoms with E-state index in [2.05, 4.69) is 0 Å². The van der Waals surface area contributed by atoms with Gasteiger partial charge < -0.3 is 14.7 Å². The number of likely N-dealkylation sites (N-methyl/N-ethyl adjacent to an activating group) is 1. The predicted octanol–water partition coefficient (Wildman–Crippen LogP) is 2.01. The summed E-state index contributed by atoms with van der Waals surface area (Å²) in [6, 6.07) is -0.148. The Bertz CT molecular complexity index is 194. The highest BCUT2D eigenvalue weighted by atomic mass is 16.6. The Balaban J connectivity index is 4.46. The Morgan fingerprint density at radius 1 is 1.40 bits per heavy atom. The van der Waals surface area contributed by atoms with Gasteiger partial charge in [0.15, 0.2) is 0 Å². The molecule has 1 amide bonds. The first-order valence-electron chi connectivity index (χ1n) is 5.46. The minimum Gasteiger partial charge on any atom is -0.444 e. The quantitative estimate of drug-likeness (QED) is 0.783. The second kappa shape index (κ2) is 5.95. The van der Waals surface area contributed by atoms with E-state index in [9.17, 15) is 4.79 Å². The summed E-state index contributed by atoms with van der Waals surface area (Å²) in [5.41, 5.74) is -0.488. The van der Waals surface area contributed by atoms with Gasteiger partial charge in [-0.3, -0.25) is 0 Å². The maximum absolute atomic E-state index is 11.7. The zero-order valence-electron chi connectivity index (χ0n) is 10.4. The summed E-state index contributed by atoms with van der Waals surface area (Å²) >= 11 is 0. The fraction of sp³-hybridized carbons (Fsp3) is 0.909. The Morgan fingerprint density at radius 2 is 1.93 bits per heavy atom. The lowest BCUT2D eigenvalue weighted by Gasteiger charge is -2.31. The van der Waals surface area contributed by atoms with Crippen LogP contribution in [-0.4, -0.2) is 40.9 Å². The van der Waals surface area contributed by atoms with E-state index in [-0.39, 0.29) is 18.7 Å². The third kappa shape index (κ3) is 5.02. The van der Waals surface area contributed by atoms with E-state index < -0.39 is 5.60 Å². The number of ether oxygens (including phenoxy) is 1. The first-order valence-corrected chi connectivity index (χ1v) is 5.46. The highest BCUT2D eigenvalue weighted by Crippen LogP contribution is 2.12. The highest BCUT2D eigenvalue weighted by molar-refractivity contribution is 5.68. The van der Waals surface area contributed by atoms with E-state index >= 15 is 0 Å². The molecule has 4 nitrogen and oxygen atoms in total. The first-order chi connectivity index (χ1) is 6.85. The van der Waals surface area contributed by atoms with Gasteiger partial charge in [-0.1, -0.05) is 6.92 Å². The van der Waals surface area contributed by atoms with E-state index in [1.54, 1.807) is 4.90 Å². The minimum absolute atomic E-state index is 0.0242. The van der Waals surface area contributed by atoms with Crippen molar-refractivity contribution in [3.63, 3.8) is 0 Å². The number of aliphatic hydroxyl groups is 1. The molecule has 0 heterocycles. The van der Waals surface area contributed by atoms with E-state index in [4.69, 9.17) is 9.84 Å². The van der Waals surface area contributed by atoms with Crippen LogP contribution in [-0.2, 0) is 4.74 Å². The fourth-order valence-electron chi connectivity index (χ4n) is 1.30. The van der Waals surface area contributed by atoms with Crippen LogP contribution >= 0.6 is 0 Å². The SMILES string of the molecule is CC[C@@H](CO)N(CC)C(=O)OC(C)(C)C. The van der Waals surface area contributed by atoms with Crippen molar-refractivity contribution in [3.05, 3.63) is 0 Å². The number of rotatable bonds is 4. The normalized spacial score (nSPS) is 13.5. The summed E-state index contributed by atoms with van der Waals surface area (Å²) < 4.78 is 5.25. The molecule has 0 bridgehead atoms. The van der Waals surface area contributed by atoms with Crippen molar-refractivity contribution in [2.24, 2.45) is 0 Å². The molecule has 4 heteroatoms. The van der Waals surface area contributed by atoms with Crippen molar-refractivity contribution in [3.8, 4) is 0 Å². The molecule has 0 saturated carbocycles. The Kier molecular flexibility index (Phi) is 5.65. The van der Waals surface area contributed by atoms with Gasteiger partial charge in [0.05, 0.1) is 12.6 Å². The molecule has 0 aliphatic carbocycles. The van der Waals surface area contributed by atoms with Gasteiger partial charge in [-0.05, 0) is 34.1 Å². The van der Waals surface area contributed by atoms with Crippen LogP contribution in [0.25, 0.3) is 0 Å². The maximum Gasteiger partial charge on any atom is 0.410 e. The molecular weight excluding hydrogens is 194 g/mol. The highest BCUT2D eigenvalue weighted by Gasteiger charge is 2.25. The number of nitrogens with zero attached hydrogens (tertiary/aromatic N) is 1. The third-order valence-corrected chi connectivity index (χ3v) is 2.09.